The zero-order valence-corrected chi connectivity index (χ0v) is 10.6. The molecular formula is C16H16O2. The maximum Gasteiger partial charge on any atom is 0.335 e. The van der Waals surface area contributed by atoms with E-state index in [2.05, 4.69) is 26.0 Å². The summed E-state index contributed by atoms with van der Waals surface area (Å²) in [6.45, 7) is 4.32. The fourth-order valence-electron chi connectivity index (χ4n) is 1.88. The fourth-order valence-corrected chi connectivity index (χ4v) is 1.88. The first-order valence-corrected chi connectivity index (χ1v) is 6.01. The van der Waals surface area contributed by atoms with Gasteiger partial charge in [0.2, 0.25) is 0 Å². The van der Waals surface area contributed by atoms with Gasteiger partial charge in [-0.1, -0.05) is 50.2 Å². The Bertz CT molecular complexity index is 554. The van der Waals surface area contributed by atoms with E-state index in [9.17, 15) is 4.79 Å². The number of benzene rings is 2. The summed E-state index contributed by atoms with van der Waals surface area (Å²) in [5.74, 6) is -0.402. The number of rotatable bonds is 3. The molecule has 2 nitrogen and oxygen atoms in total. The maximum atomic E-state index is 10.8. The van der Waals surface area contributed by atoms with Crippen LogP contribution in [0.1, 0.15) is 35.7 Å². The molecule has 1 N–H and O–H groups in total. The first-order valence-electron chi connectivity index (χ1n) is 6.01. The molecule has 2 aromatic rings. The summed E-state index contributed by atoms with van der Waals surface area (Å²) in [6.07, 6.45) is 0. The predicted molar refractivity (Wildman–Crippen MR) is 72.9 cm³/mol. The Balaban J connectivity index is 2.36. The summed E-state index contributed by atoms with van der Waals surface area (Å²) in [5, 5.41) is 8.86. The van der Waals surface area contributed by atoms with Crippen molar-refractivity contribution in [1.29, 1.82) is 0 Å². The van der Waals surface area contributed by atoms with Crippen LogP contribution in [0.15, 0.2) is 48.5 Å². The minimum Gasteiger partial charge on any atom is -0.478 e. The van der Waals surface area contributed by atoms with E-state index in [0.29, 0.717) is 11.5 Å². The summed E-state index contributed by atoms with van der Waals surface area (Å²) in [6, 6.07) is 15.3. The molecule has 0 heterocycles. The van der Waals surface area contributed by atoms with Crippen molar-refractivity contribution < 1.29 is 9.90 Å². The Kier molecular flexibility index (Phi) is 3.47. The summed E-state index contributed by atoms with van der Waals surface area (Å²) >= 11 is 0. The van der Waals surface area contributed by atoms with E-state index >= 15 is 0 Å². The number of aromatic carboxylic acids is 1. The third-order valence-electron chi connectivity index (χ3n) is 3.02. The van der Waals surface area contributed by atoms with Crippen LogP contribution in [0.4, 0.5) is 0 Å². The molecule has 2 heteroatoms. The second-order valence-electron chi connectivity index (χ2n) is 4.66. The molecule has 0 bridgehead atoms. The highest BCUT2D eigenvalue weighted by atomic mass is 16.4. The van der Waals surface area contributed by atoms with Crippen molar-refractivity contribution in [3.8, 4) is 11.1 Å². The second-order valence-corrected chi connectivity index (χ2v) is 4.66. The lowest BCUT2D eigenvalue weighted by Crippen LogP contribution is -1.95. The van der Waals surface area contributed by atoms with Crippen molar-refractivity contribution in [3.63, 3.8) is 0 Å². The highest BCUT2D eigenvalue weighted by Crippen LogP contribution is 2.24. The Hall–Kier alpha value is -2.09. The van der Waals surface area contributed by atoms with Crippen LogP contribution in [0.3, 0.4) is 0 Å². The Labute approximate surface area is 107 Å². The van der Waals surface area contributed by atoms with Crippen molar-refractivity contribution in [2.45, 2.75) is 19.8 Å². The van der Waals surface area contributed by atoms with Gasteiger partial charge in [0.25, 0.3) is 0 Å². The molecular weight excluding hydrogens is 224 g/mol. The largest absolute Gasteiger partial charge is 0.478 e. The Morgan fingerprint density at radius 1 is 1.00 bits per heavy atom. The van der Waals surface area contributed by atoms with Crippen molar-refractivity contribution in [2.24, 2.45) is 0 Å². The van der Waals surface area contributed by atoms with E-state index in [1.807, 2.05) is 24.3 Å². The molecule has 2 rings (SSSR count). The van der Waals surface area contributed by atoms with Gasteiger partial charge in [0, 0.05) is 0 Å². The average molecular weight is 240 g/mol. The van der Waals surface area contributed by atoms with Crippen molar-refractivity contribution in [3.05, 3.63) is 59.7 Å². The number of hydrogen-bond donors (Lipinski definition) is 1. The van der Waals surface area contributed by atoms with E-state index in [4.69, 9.17) is 5.11 Å². The van der Waals surface area contributed by atoms with Gasteiger partial charge in [-0.3, -0.25) is 0 Å². The minimum absolute atomic E-state index is 0.318. The summed E-state index contributed by atoms with van der Waals surface area (Å²) < 4.78 is 0. The van der Waals surface area contributed by atoms with Gasteiger partial charge in [0.15, 0.2) is 0 Å². The molecule has 0 atom stereocenters. The van der Waals surface area contributed by atoms with E-state index < -0.39 is 5.97 Å². The number of hydrogen-bond acceptors (Lipinski definition) is 1. The molecule has 0 saturated carbocycles. The summed E-state index contributed by atoms with van der Waals surface area (Å²) in [5.41, 5.74) is 3.77. The molecule has 0 aromatic heterocycles. The number of carboxylic acids is 1. The lowest BCUT2D eigenvalue weighted by molar-refractivity contribution is 0.0697. The molecule has 18 heavy (non-hydrogen) atoms. The fraction of sp³-hybridized carbons (Fsp3) is 0.188. The van der Waals surface area contributed by atoms with Gasteiger partial charge < -0.3 is 5.11 Å². The van der Waals surface area contributed by atoms with Gasteiger partial charge in [-0.05, 0) is 34.7 Å². The van der Waals surface area contributed by atoms with Crippen LogP contribution in [0.5, 0.6) is 0 Å². The third-order valence-corrected chi connectivity index (χ3v) is 3.02. The second kappa shape index (κ2) is 5.05. The Morgan fingerprint density at radius 2 is 1.67 bits per heavy atom. The van der Waals surface area contributed by atoms with Gasteiger partial charge in [-0.25, -0.2) is 4.79 Å². The molecule has 0 aliphatic heterocycles. The quantitative estimate of drug-likeness (QED) is 0.874. The first kappa shape index (κ1) is 12.4. The molecule has 0 saturated heterocycles. The lowest BCUT2D eigenvalue weighted by atomic mass is 9.97. The highest BCUT2D eigenvalue weighted by molar-refractivity contribution is 5.88. The lowest BCUT2D eigenvalue weighted by Gasteiger charge is -2.08. The van der Waals surface area contributed by atoms with Crippen LogP contribution >= 0.6 is 0 Å². The number of carbonyl (C=O) groups is 1. The van der Waals surface area contributed by atoms with Crippen LogP contribution in [0.2, 0.25) is 0 Å². The molecule has 92 valence electrons. The third kappa shape index (κ3) is 2.59. The van der Waals surface area contributed by atoms with E-state index in [-0.39, 0.29) is 0 Å². The SMILES string of the molecule is CC(C)c1cccc(-c2ccc(C(=O)O)cc2)c1. The zero-order valence-electron chi connectivity index (χ0n) is 10.6. The first-order chi connectivity index (χ1) is 8.58. The van der Waals surface area contributed by atoms with Crippen LogP contribution in [0, 0.1) is 0 Å². The van der Waals surface area contributed by atoms with E-state index in [0.717, 1.165) is 11.1 Å². The molecule has 0 aliphatic rings. The summed E-state index contributed by atoms with van der Waals surface area (Å²) in [4.78, 5) is 10.8. The van der Waals surface area contributed by atoms with Crippen molar-refractivity contribution in [1.82, 2.24) is 0 Å². The molecule has 2 aromatic carbocycles. The monoisotopic (exact) mass is 240 g/mol. The average Bonchev–Trinajstić information content (AvgIpc) is 2.39. The van der Waals surface area contributed by atoms with Crippen molar-refractivity contribution >= 4 is 5.97 Å². The predicted octanol–water partition coefficient (Wildman–Crippen LogP) is 4.18. The van der Waals surface area contributed by atoms with Gasteiger partial charge in [0.05, 0.1) is 5.56 Å². The van der Waals surface area contributed by atoms with Gasteiger partial charge in [-0.2, -0.15) is 0 Å². The molecule has 0 fully saturated rings. The molecule has 0 radical (unpaired) electrons. The minimum atomic E-state index is -0.891. The van der Waals surface area contributed by atoms with Crippen LogP contribution < -0.4 is 0 Å². The normalized spacial score (nSPS) is 10.6. The molecule has 0 aliphatic carbocycles. The topological polar surface area (TPSA) is 37.3 Å². The maximum absolute atomic E-state index is 10.8. The molecule has 0 amide bonds. The summed E-state index contributed by atoms with van der Waals surface area (Å²) in [7, 11) is 0. The molecule has 0 spiro atoms. The van der Waals surface area contributed by atoms with E-state index in [1.54, 1.807) is 12.1 Å². The van der Waals surface area contributed by atoms with Gasteiger partial charge in [-0.15, -0.1) is 0 Å². The van der Waals surface area contributed by atoms with Crippen LogP contribution in [-0.2, 0) is 0 Å². The molecule has 0 unspecified atom stereocenters. The number of carboxylic acid groups (broad SMARTS) is 1. The van der Waals surface area contributed by atoms with Crippen molar-refractivity contribution in [2.75, 3.05) is 0 Å². The smallest absolute Gasteiger partial charge is 0.335 e. The zero-order chi connectivity index (χ0) is 13.1. The van der Waals surface area contributed by atoms with Gasteiger partial charge >= 0.3 is 5.97 Å². The van der Waals surface area contributed by atoms with Crippen LogP contribution in [0.25, 0.3) is 11.1 Å². The highest BCUT2D eigenvalue weighted by Gasteiger charge is 2.05. The Morgan fingerprint density at radius 3 is 2.22 bits per heavy atom. The van der Waals surface area contributed by atoms with Crippen LogP contribution in [-0.4, -0.2) is 11.1 Å². The standard InChI is InChI=1S/C16H16O2/c1-11(2)14-4-3-5-15(10-14)12-6-8-13(9-7-12)16(17)18/h3-11H,1-2H3,(H,17,18). The van der Waals surface area contributed by atoms with Gasteiger partial charge in [0.1, 0.15) is 0 Å². The van der Waals surface area contributed by atoms with E-state index in [1.165, 1.54) is 5.56 Å².